The van der Waals surface area contributed by atoms with Gasteiger partial charge in [-0.1, -0.05) is 36.8 Å². The Hall–Kier alpha value is -4.13. The first-order valence-electron chi connectivity index (χ1n) is 11.0. The molecule has 1 saturated carbocycles. The van der Waals surface area contributed by atoms with Crippen molar-refractivity contribution >= 4 is 34.1 Å². The zero-order chi connectivity index (χ0) is 23.7. The first-order chi connectivity index (χ1) is 16.5. The molecule has 34 heavy (non-hydrogen) atoms. The van der Waals surface area contributed by atoms with E-state index in [4.69, 9.17) is 5.11 Å². The van der Waals surface area contributed by atoms with Crippen LogP contribution in [0.1, 0.15) is 41.6 Å². The van der Waals surface area contributed by atoms with Gasteiger partial charge in [-0.15, -0.1) is 5.10 Å². The van der Waals surface area contributed by atoms with E-state index in [2.05, 4.69) is 15.2 Å². The number of nitrogens with one attached hydrogen (secondary N) is 1. The minimum absolute atomic E-state index is 0.121. The van der Waals surface area contributed by atoms with Gasteiger partial charge < -0.3 is 5.11 Å². The van der Waals surface area contributed by atoms with Crippen molar-refractivity contribution in [2.75, 3.05) is 0 Å². The van der Waals surface area contributed by atoms with Crippen molar-refractivity contribution in [1.82, 2.24) is 15.2 Å². The van der Waals surface area contributed by atoms with Crippen LogP contribution in [-0.4, -0.2) is 26.3 Å². The zero-order valence-corrected chi connectivity index (χ0v) is 18.1. The lowest BCUT2D eigenvalue weighted by Crippen LogP contribution is -2.17. The van der Waals surface area contributed by atoms with Crippen LogP contribution >= 0.6 is 0 Å². The minimum Gasteiger partial charge on any atom is -0.478 e. The van der Waals surface area contributed by atoms with Crippen LogP contribution in [0.2, 0.25) is 0 Å². The summed E-state index contributed by atoms with van der Waals surface area (Å²) in [6, 6.07) is 15.7. The molecule has 0 spiro atoms. The molecule has 1 aliphatic carbocycles. The van der Waals surface area contributed by atoms with Gasteiger partial charge in [-0.3, -0.25) is 10.1 Å². The van der Waals surface area contributed by atoms with Crippen molar-refractivity contribution in [1.29, 1.82) is 0 Å². The van der Waals surface area contributed by atoms with Crippen molar-refractivity contribution in [3.63, 3.8) is 0 Å². The molecule has 2 aromatic heterocycles. The molecule has 0 unspecified atom stereocenters. The summed E-state index contributed by atoms with van der Waals surface area (Å²) in [6.45, 7) is 0. The van der Waals surface area contributed by atoms with Crippen molar-refractivity contribution in [3.8, 4) is 0 Å². The van der Waals surface area contributed by atoms with Crippen molar-refractivity contribution in [3.05, 3.63) is 101 Å². The van der Waals surface area contributed by atoms with Gasteiger partial charge in [0.05, 0.1) is 10.9 Å². The molecule has 2 aromatic carbocycles. The molecule has 4 aromatic rings. The highest BCUT2D eigenvalue weighted by Gasteiger charge is 2.30. The van der Waals surface area contributed by atoms with E-state index in [1.165, 1.54) is 12.1 Å². The maximum atomic E-state index is 15.0. The van der Waals surface area contributed by atoms with Crippen LogP contribution in [-0.2, 0) is 4.79 Å². The fraction of sp³-hybridized carbons (Fsp3) is 0.148. The molecular weight excluding hydrogens is 436 g/mol. The average molecular weight is 457 g/mol. The Balaban J connectivity index is 1.76. The Morgan fingerprint density at radius 2 is 1.82 bits per heavy atom. The third-order valence-corrected chi connectivity index (χ3v) is 6.22. The molecule has 0 aliphatic heterocycles. The molecule has 5 rings (SSSR count). The van der Waals surface area contributed by atoms with Crippen LogP contribution in [0, 0.1) is 17.7 Å². The van der Waals surface area contributed by atoms with Crippen molar-refractivity contribution in [2.24, 2.45) is 5.92 Å². The third-order valence-electron chi connectivity index (χ3n) is 6.22. The predicted molar refractivity (Wildman–Crippen MR) is 127 cm³/mol. The summed E-state index contributed by atoms with van der Waals surface area (Å²) >= 11 is 0. The van der Waals surface area contributed by atoms with Crippen molar-refractivity contribution < 1.29 is 18.7 Å². The van der Waals surface area contributed by atoms with E-state index in [1.807, 2.05) is 18.2 Å². The molecule has 5 nitrogen and oxygen atoms in total. The largest absolute Gasteiger partial charge is 0.478 e. The number of carboxylic acid groups (broad SMARTS) is 1. The number of hydrogen-bond donors (Lipinski definition) is 2. The molecule has 0 amide bonds. The van der Waals surface area contributed by atoms with E-state index < -0.39 is 17.7 Å². The molecule has 1 aliphatic rings. The Morgan fingerprint density at radius 1 is 1.06 bits per heavy atom. The summed E-state index contributed by atoms with van der Waals surface area (Å²) in [4.78, 5) is 15.3. The first-order valence-corrected chi connectivity index (χ1v) is 11.0. The minimum atomic E-state index is -1.03. The van der Waals surface area contributed by atoms with Crippen LogP contribution in [0.4, 0.5) is 8.78 Å². The van der Waals surface area contributed by atoms with E-state index in [1.54, 1.807) is 36.5 Å². The SMILES string of the molecule is O=C(O)C=Cc1ccc(C(=C(c2ncccc2F)C2CCC2)c2ccc3[nH]nc(F)c3c2)cc1. The maximum Gasteiger partial charge on any atom is 0.328 e. The summed E-state index contributed by atoms with van der Waals surface area (Å²) in [7, 11) is 0. The second-order valence-electron chi connectivity index (χ2n) is 8.32. The number of carbonyl (C=O) groups is 1. The monoisotopic (exact) mass is 457 g/mol. The van der Waals surface area contributed by atoms with E-state index in [9.17, 15) is 9.18 Å². The van der Waals surface area contributed by atoms with Gasteiger partial charge in [0.1, 0.15) is 11.5 Å². The van der Waals surface area contributed by atoms with Crippen LogP contribution in [0.15, 0.2) is 66.9 Å². The number of halogens is 2. The highest BCUT2D eigenvalue weighted by Crippen LogP contribution is 2.45. The molecule has 7 heteroatoms. The van der Waals surface area contributed by atoms with Gasteiger partial charge in [-0.05, 0) is 76.9 Å². The number of carboxylic acids is 1. The van der Waals surface area contributed by atoms with Crippen molar-refractivity contribution in [2.45, 2.75) is 19.3 Å². The van der Waals surface area contributed by atoms with E-state index in [0.717, 1.165) is 53.2 Å². The molecule has 1 fully saturated rings. The fourth-order valence-corrected chi connectivity index (χ4v) is 4.34. The van der Waals surface area contributed by atoms with Crippen LogP contribution in [0.25, 0.3) is 28.1 Å². The number of hydrogen-bond acceptors (Lipinski definition) is 3. The summed E-state index contributed by atoms with van der Waals surface area (Å²) in [6.07, 6.45) is 7.03. The molecule has 0 radical (unpaired) electrons. The molecular formula is C27H21F2N3O2. The van der Waals surface area contributed by atoms with Gasteiger partial charge in [0.25, 0.3) is 0 Å². The number of benzene rings is 2. The lowest BCUT2D eigenvalue weighted by atomic mass is 9.74. The highest BCUT2D eigenvalue weighted by molar-refractivity contribution is 6.01. The second-order valence-corrected chi connectivity index (χ2v) is 8.32. The number of pyridine rings is 1. The second kappa shape index (κ2) is 9.02. The lowest BCUT2D eigenvalue weighted by molar-refractivity contribution is -0.131. The normalized spacial score (nSPS) is 14.9. The Morgan fingerprint density at radius 3 is 2.50 bits per heavy atom. The Bertz CT molecular complexity index is 1430. The average Bonchev–Trinajstić information content (AvgIpc) is 3.17. The van der Waals surface area contributed by atoms with Gasteiger partial charge in [0, 0.05) is 12.3 Å². The Labute approximate surface area is 194 Å². The van der Waals surface area contributed by atoms with Gasteiger partial charge in [0.2, 0.25) is 5.95 Å². The molecule has 170 valence electrons. The van der Waals surface area contributed by atoms with E-state index in [-0.39, 0.29) is 5.92 Å². The summed E-state index contributed by atoms with van der Waals surface area (Å²) in [5, 5.41) is 15.6. The third kappa shape index (κ3) is 4.12. The maximum absolute atomic E-state index is 15.0. The number of aromatic amines is 1. The highest BCUT2D eigenvalue weighted by atomic mass is 19.1. The lowest BCUT2D eigenvalue weighted by Gasteiger charge is -2.31. The molecule has 0 atom stereocenters. The number of aliphatic carboxylic acids is 1. The smallest absolute Gasteiger partial charge is 0.328 e. The topological polar surface area (TPSA) is 78.9 Å². The number of fused-ring (bicyclic) bond motifs is 1. The van der Waals surface area contributed by atoms with Gasteiger partial charge in [-0.2, -0.15) is 4.39 Å². The first kappa shape index (κ1) is 21.7. The predicted octanol–water partition coefficient (Wildman–Crippen LogP) is 6.09. The van der Waals surface area contributed by atoms with Gasteiger partial charge in [0.15, 0.2) is 0 Å². The molecule has 2 N–H and O–H groups in total. The Kier molecular flexibility index (Phi) is 5.76. The fourth-order valence-electron chi connectivity index (χ4n) is 4.34. The summed E-state index contributed by atoms with van der Waals surface area (Å²) < 4.78 is 29.4. The van der Waals surface area contributed by atoms with E-state index in [0.29, 0.717) is 16.6 Å². The summed E-state index contributed by atoms with van der Waals surface area (Å²) in [5.41, 5.74) is 4.70. The summed E-state index contributed by atoms with van der Waals surface area (Å²) in [5.74, 6) is -1.91. The molecule has 2 heterocycles. The van der Waals surface area contributed by atoms with Crippen LogP contribution < -0.4 is 0 Å². The van der Waals surface area contributed by atoms with Crippen LogP contribution in [0.5, 0.6) is 0 Å². The number of aromatic nitrogens is 3. The van der Waals surface area contributed by atoms with Gasteiger partial charge >= 0.3 is 5.97 Å². The number of allylic oxidation sites excluding steroid dienone is 1. The van der Waals surface area contributed by atoms with Crippen LogP contribution in [0.3, 0.4) is 0 Å². The van der Waals surface area contributed by atoms with Gasteiger partial charge in [-0.25, -0.2) is 9.18 Å². The quantitative estimate of drug-likeness (QED) is 0.343. The standard InChI is InChI=1S/C27H21F2N3O2/c28-21-5-2-14-30-26(21)25(17-3-1-4-17)24(18-9-6-16(7-10-18)8-13-23(33)34)19-11-12-22-20(15-19)27(29)32-31-22/h2,5-15,17H,1,3-4H2,(H,31,32)(H,33,34). The molecule has 0 saturated heterocycles. The van der Waals surface area contributed by atoms with E-state index >= 15 is 4.39 Å². The number of H-pyrrole nitrogens is 1. The number of rotatable bonds is 6. The zero-order valence-electron chi connectivity index (χ0n) is 18.1. The number of nitrogens with zero attached hydrogens (tertiary/aromatic N) is 2. The molecule has 0 bridgehead atoms.